The SMILES string of the molecule is COC(=O)c1c(C(OC)OC)nc(C)c([P+]2(O)OCCCO2)c1-c1ccccc1C(F)(F)F. The standard InChI is InChI=1S/C21H24F3NO7P/c1-12-18(33(27)31-10-7-11-32-33)15(13-8-5-6-9-14(13)21(22,23)24)16(19(26)28-2)17(25-12)20(29-3)30-4/h5-6,8-9,20,27H,7,10-11H2,1-4H3/q+1. The number of benzene rings is 1. The van der Waals surface area contributed by atoms with Crippen LogP contribution in [-0.4, -0.2) is 50.4 Å². The van der Waals surface area contributed by atoms with E-state index in [-0.39, 0.29) is 46.6 Å². The summed E-state index contributed by atoms with van der Waals surface area (Å²) in [7, 11) is -0.233. The molecular weight excluding hydrogens is 466 g/mol. The van der Waals surface area contributed by atoms with E-state index >= 15 is 0 Å². The van der Waals surface area contributed by atoms with Crippen LogP contribution < -0.4 is 5.30 Å². The Hall–Kier alpha value is -2.14. The van der Waals surface area contributed by atoms with E-state index in [1.54, 1.807) is 0 Å². The molecule has 180 valence electrons. The fraction of sp³-hybridized carbons (Fsp3) is 0.429. The number of hydrogen-bond donors (Lipinski definition) is 1. The maximum atomic E-state index is 14.0. The first kappa shape index (κ1) is 25.5. The number of alkyl halides is 3. The van der Waals surface area contributed by atoms with Gasteiger partial charge in [-0.15, -0.1) is 0 Å². The van der Waals surface area contributed by atoms with Gasteiger partial charge in [0.15, 0.2) is 0 Å². The zero-order valence-corrected chi connectivity index (χ0v) is 19.3. The van der Waals surface area contributed by atoms with Crippen LogP contribution in [0.15, 0.2) is 24.3 Å². The van der Waals surface area contributed by atoms with Crippen molar-refractivity contribution < 1.29 is 46.1 Å². The number of pyridine rings is 1. The van der Waals surface area contributed by atoms with Crippen LogP contribution in [0.3, 0.4) is 0 Å². The molecule has 2 heterocycles. The third kappa shape index (κ3) is 4.89. The molecule has 0 atom stereocenters. The van der Waals surface area contributed by atoms with E-state index in [1.165, 1.54) is 39.3 Å². The van der Waals surface area contributed by atoms with Crippen molar-refractivity contribution in [2.24, 2.45) is 0 Å². The lowest BCUT2D eigenvalue weighted by molar-refractivity contribution is -0.137. The second kappa shape index (κ2) is 10.0. The number of hydrogen-bond acceptors (Lipinski definition) is 8. The number of methoxy groups -OCH3 is 3. The van der Waals surface area contributed by atoms with Crippen molar-refractivity contribution in [1.29, 1.82) is 0 Å². The molecule has 0 unspecified atom stereocenters. The molecule has 0 saturated carbocycles. The second-order valence-corrected chi connectivity index (χ2v) is 9.06. The highest BCUT2D eigenvalue weighted by Crippen LogP contribution is 2.60. The molecule has 1 aliphatic heterocycles. The lowest BCUT2D eigenvalue weighted by Crippen LogP contribution is -2.31. The second-order valence-electron chi connectivity index (χ2n) is 7.06. The minimum atomic E-state index is -4.77. The highest BCUT2D eigenvalue weighted by molar-refractivity contribution is 7.69. The summed E-state index contributed by atoms with van der Waals surface area (Å²) in [5.41, 5.74) is -2.01. The quantitative estimate of drug-likeness (QED) is 0.369. The van der Waals surface area contributed by atoms with E-state index in [4.69, 9.17) is 23.3 Å². The summed E-state index contributed by atoms with van der Waals surface area (Å²) in [6.07, 6.45) is -5.49. The van der Waals surface area contributed by atoms with Gasteiger partial charge in [0.2, 0.25) is 11.6 Å². The fourth-order valence-electron chi connectivity index (χ4n) is 3.67. The predicted octanol–water partition coefficient (Wildman–Crippen LogP) is 3.97. The molecule has 0 amide bonds. The number of ether oxygens (including phenoxy) is 3. The van der Waals surface area contributed by atoms with E-state index in [9.17, 15) is 22.9 Å². The zero-order chi connectivity index (χ0) is 24.4. The molecule has 1 aromatic carbocycles. The Morgan fingerprint density at radius 1 is 1.15 bits per heavy atom. The van der Waals surface area contributed by atoms with Gasteiger partial charge in [-0.1, -0.05) is 18.2 Å². The van der Waals surface area contributed by atoms with Gasteiger partial charge in [-0.25, -0.2) is 9.78 Å². The van der Waals surface area contributed by atoms with Gasteiger partial charge in [0, 0.05) is 20.6 Å². The molecule has 3 rings (SSSR count). The van der Waals surface area contributed by atoms with Crippen LogP contribution in [0.5, 0.6) is 0 Å². The Morgan fingerprint density at radius 2 is 1.76 bits per heavy atom. The molecule has 33 heavy (non-hydrogen) atoms. The molecular formula is C21H24F3NO7P+. The van der Waals surface area contributed by atoms with Crippen molar-refractivity contribution in [2.45, 2.75) is 25.8 Å². The average Bonchev–Trinajstić information content (AvgIpc) is 2.78. The molecule has 12 heteroatoms. The number of esters is 1. The minimum Gasteiger partial charge on any atom is -0.465 e. The van der Waals surface area contributed by atoms with Crippen molar-refractivity contribution in [1.82, 2.24) is 4.98 Å². The first-order chi connectivity index (χ1) is 15.6. The van der Waals surface area contributed by atoms with Gasteiger partial charge in [-0.2, -0.15) is 27.1 Å². The van der Waals surface area contributed by atoms with Crippen molar-refractivity contribution in [3.8, 4) is 11.1 Å². The normalized spacial score (nSPS) is 16.2. The highest BCUT2D eigenvalue weighted by Gasteiger charge is 2.53. The maximum Gasteiger partial charge on any atom is 0.448 e. The van der Waals surface area contributed by atoms with Crippen LogP contribution in [0.4, 0.5) is 13.2 Å². The zero-order valence-electron chi connectivity index (χ0n) is 18.4. The smallest absolute Gasteiger partial charge is 0.448 e. The molecule has 0 spiro atoms. The lowest BCUT2D eigenvalue weighted by Gasteiger charge is -2.27. The number of carbonyl (C=O) groups excluding carboxylic acids is 1. The van der Waals surface area contributed by atoms with Crippen LogP contribution in [-0.2, 0) is 29.4 Å². The van der Waals surface area contributed by atoms with E-state index in [0.717, 1.165) is 13.2 Å². The summed E-state index contributed by atoms with van der Waals surface area (Å²) in [6, 6.07) is 4.69. The minimum absolute atomic E-state index is 0.0986. The van der Waals surface area contributed by atoms with Crippen LogP contribution in [0.2, 0.25) is 0 Å². The third-order valence-corrected chi connectivity index (χ3v) is 7.20. The summed E-state index contributed by atoms with van der Waals surface area (Å²) >= 11 is 0. The first-order valence-corrected chi connectivity index (χ1v) is 11.4. The molecule has 2 aromatic rings. The molecule has 0 radical (unpaired) electrons. The van der Waals surface area contributed by atoms with Crippen molar-refractivity contribution in [2.75, 3.05) is 34.5 Å². The van der Waals surface area contributed by atoms with Gasteiger partial charge in [0.05, 0.1) is 29.5 Å². The van der Waals surface area contributed by atoms with E-state index in [0.29, 0.717) is 6.42 Å². The van der Waals surface area contributed by atoms with Crippen LogP contribution in [0, 0.1) is 6.92 Å². The van der Waals surface area contributed by atoms with Crippen LogP contribution in [0.25, 0.3) is 11.1 Å². The topological polar surface area (TPSA) is 96.3 Å². The van der Waals surface area contributed by atoms with Gasteiger partial charge in [0.25, 0.3) is 0 Å². The average molecular weight is 490 g/mol. The van der Waals surface area contributed by atoms with Crippen molar-refractivity contribution >= 4 is 19.2 Å². The van der Waals surface area contributed by atoms with Crippen LogP contribution in [0.1, 0.15) is 40.0 Å². The predicted molar refractivity (Wildman–Crippen MR) is 113 cm³/mol. The number of rotatable bonds is 6. The van der Waals surface area contributed by atoms with Gasteiger partial charge in [-0.05, 0) is 18.6 Å². The fourth-order valence-corrected chi connectivity index (χ4v) is 5.73. The highest BCUT2D eigenvalue weighted by atomic mass is 31.2. The molecule has 1 saturated heterocycles. The summed E-state index contributed by atoms with van der Waals surface area (Å²) in [4.78, 5) is 28.6. The van der Waals surface area contributed by atoms with Crippen LogP contribution >= 0.6 is 7.94 Å². The Labute approximate surface area is 189 Å². The van der Waals surface area contributed by atoms with E-state index in [2.05, 4.69) is 4.98 Å². The number of nitrogens with zero attached hydrogens (tertiary/aromatic N) is 1. The van der Waals surface area contributed by atoms with Gasteiger partial charge >= 0.3 is 20.1 Å². The Balaban J connectivity index is 2.53. The molecule has 1 fully saturated rings. The molecule has 1 aromatic heterocycles. The number of aryl methyl sites for hydroxylation is 1. The number of aromatic nitrogens is 1. The van der Waals surface area contributed by atoms with E-state index in [1.807, 2.05) is 0 Å². The van der Waals surface area contributed by atoms with Crippen molar-refractivity contribution in [3.05, 3.63) is 46.8 Å². The number of carbonyl (C=O) groups is 1. The monoisotopic (exact) mass is 490 g/mol. The van der Waals surface area contributed by atoms with E-state index < -0.39 is 31.9 Å². The summed E-state index contributed by atoms with van der Waals surface area (Å²) in [5, 5.41) is -0.131. The Morgan fingerprint density at radius 3 is 2.30 bits per heavy atom. The summed E-state index contributed by atoms with van der Waals surface area (Å²) in [5.74, 6) is -0.992. The first-order valence-electron chi connectivity index (χ1n) is 9.85. The molecule has 0 bridgehead atoms. The molecule has 8 nitrogen and oxygen atoms in total. The van der Waals surface area contributed by atoms with Gasteiger partial charge < -0.3 is 14.2 Å². The van der Waals surface area contributed by atoms with Crippen molar-refractivity contribution in [3.63, 3.8) is 0 Å². The van der Waals surface area contributed by atoms with Gasteiger partial charge in [-0.3, -0.25) is 0 Å². The Kier molecular flexibility index (Phi) is 7.73. The lowest BCUT2D eigenvalue weighted by atomic mass is 9.93. The summed E-state index contributed by atoms with van der Waals surface area (Å²) < 4.78 is 68.5. The molecule has 1 aliphatic rings. The Bertz CT molecular complexity index is 1020. The maximum absolute atomic E-state index is 14.0. The third-order valence-electron chi connectivity index (χ3n) is 5.02. The largest absolute Gasteiger partial charge is 0.465 e. The van der Waals surface area contributed by atoms with Gasteiger partial charge in [0.1, 0.15) is 18.9 Å². The molecule has 1 N–H and O–H groups in total. The number of halogens is 3. The summed E-state index contributed by atoms with van der Waals surface area (Å²) in [6.45, 7) is 1.72. The molecule has 0 aliphatic carbocycles.